The van der Waals surface area contributed by atoms with Gasteiger partial charge in [0.05, 0.1) is 10.7 Å². The number of amides is 1. The fourth-order valence-corrected chi connectivity index (χ4v) is 2.96. The topological polar surface area (TPSA) is 48.5 Å². The fourth-order valence-electron chi connectivity index (χ4n) is 2.78. The molecule has 0 bridgehead atoms. The Hall–Kier alpha value is -1.53. The molecule has 0 atom stereocenters. The van der Waals surface area contributed by atoms with Crippen molar-refractivity contribution in [1.29, 1.82) is 0 Å². The second kappa shape index (κ2) is 11.2. The molecule has 0 spiro atoms. The largest absolute Gasteiger partial charge is 0.354 e. The van der Waals surface area contributed by atoms with Crippen molar-refractivity contribution in [2.45, 2.75) is 6.42 Å². The molecule has 0 radical (unpaired) electrons. The molecule has 1 N–H and O–H groups in total. The van der Waals surface area contributed by atoms with Crippen LogP contribution in [0.15, 0.2) is 48.7 Å². The number of aromatic nitrogens is 1. The number of anilines is 2. The van der Waals surface area contributed by atoms with E-state index in [0.29, 0.717) is 17.1 Å². The first-order valence-corrected chi connectivity index (χ1v) is 8.53. The van der Waals surface area contributed by atoms with Gasteiger partial charge >= 0.3 is 0 Å². The minimum absolute atomic E-state index is 0. The van der Waals surface area contributed by atoms with Crippen LogP contribution in [0.4, 0.5) is 11.5 Å². The standard InChI is InChI=1S/C18H21ClN4O.2ClH/c19-15-5-1-2-6-16(15)21-18(24)8-10-22-11-13-23(14-12-22)17-7-3-4-9-20-17;;/h1-7,9H,8,10-14H2,(H,21,24);2*1H. The molecular weight excluding hydrogens is 395 g/mol. The van der Waals surface area contributed by atoms with Gasteiger partial charge in [-0.1, -0.05) is 29.8 Å². The first kappa shape index (κ1) is 22.5. The van der Waals surface area contributed by atoms with Gasteiger partial charge in [-0.2, -0.15) is 0 Å². The van der Waals surface area contributed by atoms with Crippen LogP contribution in [0.2, 0.25) is 5.02 Å². The highest BCUT2D eigenvalue weighted by molar-refractivity contribution is 6.33. The highest BCUT2D eigenvalue weighted by Gasteiger charge is 2.18. The van der Waals surface area contributed by atoms with Crippen LogP contribution in [0.3, 0.4) is 0 Å². The molecule has 1 aromatic heterocycles. The van der Waals surface area contributed by atoms with Crippen molar-refractivity contribution in [3.8, 4) is 0 Å². The van der Waals surface area contributed by atoms with Crippen molar-refractivity contribution in [3.05, 3.63) is 53.7 Å². The third kappa shape index (κ3) is 6.32. The maximum atomic E-state index is 12.1. The number of hydrogen-bond donors (Lipinski definition) is 1. The Kier molecular flexibility index (Phi) is 9.73. The van der Waals surface area contributed by atoms with E-state index in [1.807, 2.05) is 42.6 Å². The zero-order valence-electron chi connectivity index (χ0n) is 14.3. The number of halogens is 3. The van der Waals surface area contributed by atoms with Crippen molar-refractivity contribution < 1.29 is 4.79 Å². The Labute approximate surface area is 171 Å². The molecule has 2 heterocycles. The number of rotatable bonds is 5. The van der Waals surface area contributed by atoms with E-state index in [9.17, 15) is 4.79 Å². The van der Waals surface area contributed by atoms with Crippen molar-refractivity contribution in [3.63, 3.8) is 0 Å². The predicted molar refractivity (Wildman–Crippen MR) is 112 cm³/mol. The monoisotopic (exact) mass is 416 g/mol. The second-order valence-corrected chi connectivity index (χ2v) is 6.20. The van der Waals surface area contributed by atoms with E-state index in [-0.39, 0.29) is 30.7 Å². The average Bonchev–Trinajstić information content (AvgIpc) is 2.63. The minimum Gasteiger partial charge on any atom is -0.354 e. The quantitative estimate of drug-likeness (QED) is 0.805. The SMILES string of the molecule is Cl.Cl.O=C(CCN1CCN(c2ccccn2)CC1)Nc1ccccc1Cl. The lowest BCUT2D eigenvalue weighted by Crippen LogP contribution is -2.47. The number of pyridine rings is 1. The lowest BCUT2D eigenvalue weighted by atomic mass is 10.2. The van der Waals surface area contributed by atoms with Gasteiger partial charge in [-0.15, -0.1) is 24.8 Å². The summed E-state index contributed by atoms with van der Waals surface area (Å²) < 4.78 is 0. The maximum absolute atomic E-state index is 12.1. The van der Waals surface area contributed by atoms with Crippen LogP contribution in [-0.4, -0.2) is 48.5 Å². The number of benzene rings is 1. The zero-order valence-corrected chi connectivity index (χ0v) is 16.7. The van der Waals surface area contributed by atoms with Gasteiger partial charge in [0.15, 0.2) is 0 Å². The van der Waals surface area contributed by atoms with Crippen LogP contribution in [0, 0.1) is 0 Å². The summed E-state index contributed by atoms with van der Waals surface area (Å²) in [6, 6.07) is 13.3. The molecule has 1 fully saturated rings. The van der Waals surface area contributed by atoms with Gasteiger partial charge in [0, 0.05) is 45.3 Å². The molecule has 1 saturated heterocycles. The first-order valence-electron chi connectivity index (χ1n) is 8.15. The molecule has 0 saturated carbocycles. The number of para-hydroxylation sites is 1. The number of carbonyl (C=O) groups is 1. The summed E-state index contributed by atoms with van der Waals surface area (Å²) in [6.45, 7) is 4.50. The molecule has 3 rings (SSSR count). The Morgan fingerprint density at radius 3 is 2.38 bits per heavy atom. The summed E-state index contributed by atoms with van der Waals surface area (Å²) in [7, 11) is 0. The molecule has 0 unspecified atom stereocenters. The van der Waals surface area contributed by atoms with Gasteiger partial charge in [-0.05, 0) is 24.3 Å². The molecule has 1 aromatic carbocycles. The Morgan fingerprint density at radius 1 is 1.04 bits per heavy atom. The Balaban J connectivity index is 0.00000169. The Bertz CT molecular complexity index is 679. The van der Waals surface area contributed by atoms with Gasteiger partial charge in [0.25, 0.3) is 0 Å². The summed E-state index contributed by atoms with van der Waals surface area (Å²) in [6.07, 6.45) is 2.29. The molecule has 142 valence electrons. The lowest BCUT2D eigenvalue weighted by Gasteiger charge is -2.35. The summed E-state index contributed by atoms with van der Waals surface area (Å²) in [4.78, 5) is 21.1. The van der Waals surface area contributed by atoms with Crippen molar-refractivity contribution in [1.82, 2.24) is 9.88 Å². The van der Waals surface area contributed by atoms with E-state index in [1.54, 1.807) is 6.07 Å². The highest BCUT2D eigenvalue weighted by atomic mass is 35.5. The van der Waals surface area contributed by atoms with E-state index in [4.69, 9.17) is 11.6 Å². The predicted octanol–water partition coefficient (Wildman–Crippen LogP) is 3.73. The van der Waals surface area contributed by atoms with Gasteiger partial charge in [0.1, 0.15) is 5.82 Å². The third-order valence-corrected chi connectivity index (χ3v) is 4.48. The summed E-state index contributed by atoms with van der Waals surface area (Å²) >= 11 is 6.05. The van der Waals surface area contributed by atoms with Crippen molar-refractivity contribution in [2.24, 2.45) is 0 Å². The van der Waals surface area contributed by atoms with Gasteiger partial charge in [-0.3, -0.25) is 9.69 Å². The third-order valence-electron chi connectivity index (χ3n) is 4.15. The lowest BCUT2D eigenvalue weighted by molar-refractivity contribution is -0.116. The molecule has 1 aliphatic heterocycles. The van der Waals surface area contributed by atoms with Crippen LogP contribution in [-0.2, 0) is 4.79 Å². The normalized spacial score (nSPS) is 14.1. The average molecular weight is 418 g/mol. The molecule has 8 heteroatoms. The Morgan fingerprint density at radius 2 is 1.73 bits per heavy atom. The number of carbonyl (C=O) groups excluding carboxylic acids is 1. The first-order chi connectivity index (χ1) is 11.7. The zero-order chi connectivity index (χ0) is 16.8. The van der Waals surface area contributed by atoms with Gasteiger partial charge in [-0.25, -0.2) is 4.98 Å². The van der Waals surface area contributed by atoms with Crippen molar-refractivity contribution in [2.75, 3.05) is 42.9 Å². The number of piperazine rings is 1. The van der Waals surface area contributed by atoms with Crippen molar-refractivity contribution >= 4 is 53.8 Å². The molecular formula is C18H23Cl3N4O. The van der Waals surface area contributed by atoms with Crippen LogP contribution < -0.4 is 10.2 Å². The van der Waals surface area contributed by atoms with E-state index < -0.39 is 0 Å². The van der Waals surface area contributed by atoms with Gasteiger partial charge in [0.2, 0.25) is 5.91 Å². The molecule has 1 aliphatic rings. The van der Waals surface area contributed by atoms with E-state index in [1.165, 1.54) is 0 Å². The summed E-state index contributed by atoms with van der Waals surface area (Å²) in [5.41, 5.74) is 0.670. The second-order valence-electron chi connectivity index (χ2n) is 5.79. The van der Waals surface area contributed by atoms with Crippen LogP contribution >= 0.6 is 36.4 Å². The molecule has 26 heavy (non-hydrogen) atoms. The highest BCUT2D eigenvalue weighted by Crippen LogP contribution is 2.20. The van der Waals surface area contributed by atoms with Crippen LogP contribution in [0.5, 0.6) is 0 Å². The molecule has 5 nitrogen and oxygen atoms in total. The van der Waals surface area contributed by atoms with E-state index in [2.05, 4.69) is 20.1 Å². The number of hydrogen-bond acceptors (Lipinski definition) is 4. The van der Waals surface area contributed by atoms with Crippen LogP contribution in [0.25, 0.3) is 0 Å². The molecule has 2 aromatic rings. The summed E-state index contributed by atoms with van der Waals surface area (Å²) in [5, 5.41) is 3.43. The van der Waals surface area contributed by atoms with Gasteiger partial charge < -0.3 is 10.2 Å². The summed E-state index contributed by atoms with van der Waals surface area (Å²) in [5.74, 6) is 1.02. The molecule has 1 amide bonds. The van der Waals surface area contributed by atoms with E-state index in [0.717, 1.165) is 38.5 Å². The molecule has 0 aliphatic carbocycles. The number of nitrogens with zero attached hydrogens (tertiary/aromatic N) is 3. The fraction of sp³-hybridized carbons (Fsp3) is 0.333. The number of nitrogens with one attached hydrogen (secondary N) is 1. The van der Waals surface area contributed by atoms with Crippen LogP contribution in [0.1, 0.15) is 6.42 Å². The maximum Gasteiger partial charge on any atom is 0.225 e. The van der Waals surface area contributed by atoms with E-state index >= 15 is 0 Å². The smallest absolute Gasteiger partial charge is 0.225 e. The minimum atomic E-state index is -0.00439.